The lowest BCUT2D eigenvalue weighted by atomic mass is 10.1. The topological polar surface area (TPSA) is 129 Å². The van der Waals surface area contributed by atoms with Crippen LogP contribution in [0.1, 0.15) is 11.1 Å². The molecular formula is C21H19N7O2. The predicted molar refractivity (Wildman–Crippen MR) is 112 cm³/mol. The Balaban J connectivity index is 1.95. The van der Waals surface area contributed by atoms with Crippen molar-refractivity contribution < 1.29 is 10.2 Å². The first-order chi connectivity index (χ1) is 14.4. The summed E-state index contributed by atoms with van der Waals surface area (Å²) in [6.07, 6.45) is 5.01. The molecule has 4 N–H and O–H groups in total. The number of aryl methyl sites for hydroxylation is 2. The first-order valence-electron chi connectivity index (χ1n) is 9.31. The largest absolute Gasteiger partial charge is 0.508 e. The highest BCUT2D eigenvalue weighted by atomic mass is 16.3. The Morgan fingerprint density at radius 1 is 1.13 bits per heavy atom. The second-order valence-corrected chi connectivity index (χ2v) is 7.32. The van der Waals surface area contributed by atoms with Crippen molar-refractivity contribution in [3.63, 3.8) is 0 Å². The number of phenols is 1. The summed E-state index contributed by atoms with van der Waals surface area (Å²) in [5, 5.41) is 35.0. The van der Waals surface area contributed by atoms with E-state index in [0.29, 0.717) is 33.5 Å². The van der Waals surface area contributed by atoms with E-state index in [9.17, 15) is 10.2 Å². The van der Waals surface area contributed by atoms with Crippen LogP contribution >= 0.6 is 0 Å². The van der Waals surface area contributed by atoms with Gasteiger partial charge in [-0.3, -0.25) is 14.7 Å². The van der Waals surface area contributed by atoms with Crippen LogP contribution in [0, 0.1) is 19.3 Å². The number of nitrogens with zero attached hydrogens (tertiary/aromatic N) is 5. The molecule has 0 aliphatic rings. The smallest absolute Gasteiger partial charge is 0.223 e. The number of hydrogen-bond donors (Lipinski definition) is 4. The van der Waals surface area contributed by atoms with E-state index in [1.807, 2.05) is 6.92 Å². The number of benzene rings is 1. The lowest BCUT2D eigenvalue weighted by molar-refractivity contribution is 0.461. The molecule has 4 heterocycles. The Hall–Kier alpha value is -4.14. The second kappa shape index (κ2) is 6.18. The van der Waals surface area contributed by atoms with Crippen molar-refractivity contribution in [1.29, 1.82) is 5.41 Å². The normalized spacial score (nSPS) is 11.6. The van der Waals surface area contributed by atoms with E-state index in [2.05, 4.69) is 20.1 Å². The zero-order valence-electron chi connectivity index (χ0n) is 16.6. The predicted octanol–water partition coefficient (Wildman–Crippen LogP) is 2.81. The molecule has 0 fully saturated rings. The summed E-state index contributed by atoms with van der Waals surface area (Å²) < 4.78 is 3.30. The van der Waals surface area contributed by atoms with Gasteiger partial charge in [-0.15, -0.1) is 0 Å². The summed E-state index contributed by atoms with van der Waals surface area (Å²) in [6.45, 7) is 3.70. The van der Waals surface area contributed by atoms with Crippen molar-refractivity contribution >= 4 is 21.9 Å². The highest BCUT2D eigenvalue weighted by Gasteiger charge is 2.21. The lowest BCUT2D eigenvalue weighted by Crippen LogP contribution is -2.16. The van der Waals surface area contributed by atoms with Crippen LogP contribution in [0.2, 0.25) is 0 Å². The van der Waals surface area contributed by atoms with Crippen molar-refractivity contribution in [2.75, 3.05) is 0 Å². The van der Waals surface area contributed by atoms with Crippen LogP contribution in [-0.2, 0) is 7.05 Å². The van der Waals surface area contributed by atoms with Crippen LogP contribution in [0.5, 0.6) is 11.6 Å². The van der Waals surface area contributed by atoms with E-state index in [0.717, 1.165) is 11.1 Å². The summed E-state index contributed by atoms with van der Waals surface area (Å²) >= 11 is 0. The Bertz CT molecular complexity index is 1520. The SMILES string of the molecule is Cc1ccc(O)c(C)c1-n1c(=N)c2c(O)nc(-c3cnn(C)c3)cc3[nH]cnc1c32. The van der Waals surface area contributed by atoms with Crippen molar-refractivity contribution in [2.45, 2.75) is 13.8 Å². The van der Waals surface area contributed by atoms with Crippen LogP contribution in [0.15, 0.2) is 36.9 Å². The molecule has 0 spiro atoms. The number of hydrogen-bond acceptors (Lipinski definition) is 6. The van der Waals surface area contributed by atoms with E-state index in [1.54, 1.807) is 60.1 Å². The molecule has 0 saturated heterocycles. The van der Waals surface area contributed by atoms with Crippen molar-refractivity contribution in [2.24, 2.45) is 7.05 Å². The van der Waals surface area contributed by atoms with Gasteiger partial charge in [0.05, 0.1) is 40.2 Å². The van der Waals surface area contributed by atoms with Crippen LogP contribution in [-0.4, -0.2) is 39.5 Å². The molecule has 0 radical (unpaired) electrons. The summed E-state index contributed by atoms with van der Waals surface area (Å²) in [4.78, 5) is 12.0. The molecule has 9 nitrogen and oxygen atoms in total. The fourth-order valence-electron chi connectivity index (χ4n) is 3.93. The highest BCUT2D eigenvalue weighted by Crippen LogP contribution is 2.34. The summed E-state index contributed by atoms with van der Waals surface area (Å²) in [7, 11) is 1.81. The average Bonchev–Trinajstić information content (AvgIpc) is 3.22. The molecule has 0 bridgehead atoms. The van der Waals surface area contributed by atoms with Gasteiger partial charge < -0.3 is 15.2 Å². The number of aromatic nitrogens is 6. The zero-order valence-corrected chi connectivity index (χ0v) is 16.6. The summed E-state index contributed by atoms with van der Waals surface area (Å²) in [5.41, 5.74) is 4.63. The molecule has 0 aliphatic carbocycles. The standard InChI is InChI=1S/C21H19N7O2/c1-10-4-5-15(29)11(2)18(10)28-19(22)17-16-14(23-9-24-20(16)28)6-13(26-21(17)30)12-7-25-27(3)8-12/h4-9,22,29-30H,1-3H3,(H,23,24). The van der Waals surface area contributed by atoms with Gasteiger partial charge in [0.25, 0.3) is 0 Å². The van der Waals surface area contributed by atoms with Gasteiger partial charge in [0.1, 0.15) is 11.2 Å². The number of rotatable bonds is 2. The first kappa shape index (κ1) is 17.9. The zero-order chi connectivity index (χ0) is 21.2. The first-order valence-corrected chi connectivity index (χ1v) is 9.31. The summed E-state index contributed by atoms with van der Waals surface area (Å²) in [6, 6.07) is 5.22. The maximum absolute atomic E-state index is 10.9. The van der Waals surface area contributed by atoms with E-state index in [1.165, 1.54) is 0 Å². The molecule has 0 amide bonds. The minimum atomic E-state index is -0.269. The van der Waals surface area contributed by atoms with Crippen molar-refractivity contribution in [3.8, 4) is 28.6 Å². The van der Waals surface area contributed by atoms with E-state index in [4.69, 9.17) is 5.41 Å². The number of nitrogens with one attached hydrogen (secondary N) is 2. The number of phenolic OH excluding ortho intramolecular Hbond substituents is 1. The second-order valence-electron chi connectivity index (χ2n) is 7.32. The molecule has 0 saturated carbocycles. The lowest BCUT2D eigenvalue weighted by Gasteiger charge is -2.13. The third-order valence-corrected chi connectivity index (χ3v) is 5.38. The Kier molecular flexibility index (Phi) is 3.69. The van der Waals surface area contributed by atoms with Gasteiger partial charge in [0.2, 0.25) is 5.88 Å². The molecule has 5 aromatic rings. The third-order valence-electron chi connectivity index (χ3n) is 5.38. The van der Waals surface area contributed by atoms with Crippen LogP contribution in [0.4, 0.5) is 0 Å². The maximum atomic E-state index is 10.9. The van der Waals surface area contributed by atoms with Gasteiger partial charge in [-0.1, -0.05) is 6.07 Å². The monoisotopic (exact) mass is 401 g/mol. The molecular weight excluding hydrogens is 382 g/mol. The molecule has 5 rings (SSSR count). The minimum Gasteiger partial charge on any atom is -0.508 e. The van der Waals surface area contributed by atoms with E-state index < -0.39 is 0 Å². The number of H-pyrrole nitrogens is 1. The van der Waals surface area contributed by atoms with Gasteiger partial charge in [-0.05, 0) is 31.5 Å². The van der Waals surface area contributed by atoms with Gasteiger partial charge in [-0.2, -0.15) is 5.10 Å². The number of aromatic hydroxyl groups is 2. The van der Waals surface area contributed by atoms with Gasteiger partial charge in [0, 0.05) is 24.4 Å². The maximum Gasteiger partial charge on any atom is 0.223 e. The van der Waals surface area contributed by atoms with Crippen LogP contribution < -0.4 is 5.49 Å². The molecule has 150 valence electrons. The Morgan fingerprint density at radius 3 is 2.67 bits per heavy atom. The molecule has 4 aromatic heterocycles. The third kappa shape index (κ3) is 2.41. The Morgan fingerprint density at radius 2 is 1.93 bits per heavy atom. The van der Waals surface area contributed by atoms with Gasteiger partial charge >= 0.3 is 0 Å². The fraction of sp³-hybridized carbons (Fsp3) is 0.143. The fourth-order valence-corrected chi connectivity index (χ4v) is 3.93. The molecule has 9 heteroatoms. The van der Waals surface area contributed by atoms with Gasteiger partial charge in [-0.25, -0.2) is 9.97 Å². The van der Waals surface area contributed by atoms with Crippen LogP contribution in [0.3, 0.4) is 0 Å². The minimum absolute atomic E-state index is 0.0391. The molecule has 1 aromatic carbocycles. The summed E-state index contributed by atoms with van der Waals surface area (Å²) in [5.74, 6) is -0.140. The molecule has 0 unspecified atom stereocenters. The van der Waals surface area contributed by atoms with Crippen LogP contribution in [0.25, 0.3) is 38.9 Å². The highest BCUT2D eigenvalue weighted by molar-refractivity contribution is 6.08. The number of aromatic amines is 1. The van der Waals surface area contributed by atoms with Crippen molar-refractivity contribution in [3.05, 3.63) is 53.5 Å². The Labute approximate surface area is 170 Å². The molecule has 0 aliphatic heterocycles. The average molecular weight is 401 g/mol. The van der Waals surface area contributed by atoms with E-state index in [-0.39, 0.29) is 22.5 Å². The molecule has 30 heavy (non-hydrogen) atoms. The van der Waals surface area contributed by atoms with Crippen molar-refractivity contribution in [1.82, 2.24) is 29.3 Å². The quantitative estimate of drug-likeness (QED) is 0.362. The molecule has 0 atom stereocenters. The van der Waals surface area contributed by atoms with E-state index >= 15 is 0 Å². The van der Waals surface area contributed by atoms with Gasteiger partial charge in [0.15, 0.2) is 5.65 Å².